The summed E-state index contributed by atoms with van der Waals surface area (Å²) < 4.78 is 0. The highest BCUT2D eigenvalue weighted by atomic mass is 16.6. The summed E-state index contributed by atoms with van der Waals surface area (Å²) in [4.78, 5) is 10.8. The van der Waals surface area contributed by atoms with Crippen LogP contribution < -0.4 is 5.32 Å². The van der Waals surface area contributed by atoms with Crippen molar-refractivity contribution in [1.29, 1.82) is 0 Å². The van der Waals surface area contributed by atoms with E-state index in [-0.39, 0.29) is 16.0 Å². The molecule has 2 aliphatic carbocycles. The van der Waals surface area contributed by atoms with Gasteiger partial charge in [0, 0.05) is 23.4 Å². The van der Waals surface area contributed by atoms with Gasteiger partial charge < -0.3 is 5.32 Å². The monoisotopic (exact) mass is 288 g/mol. The third-order valence-electron chi connectivity index (χ3n) is 5.99. The molecule has 2 fully saturated rings. The number of fused-ring (bicyclic) bond motifs is 2. The van der Waals surface area contributed by atoms with Gasteiger partial charge in [0.2, 0.25) is 0 Å². The number of hydrogen-bond acceptors (Lipinski definition) is 3. The number of nitro groups is 1. The first-order valence-electron chi connectivity index (χ1n) is 7.76. The van der Waals surface area contributed by atoms with Crippen molar-refractivity contribution in [3.63, 3.8) is 0 Å². The van der Waals surface area contributed by atoms with E-state index in [4.69, 9.17) is 0 Å². The standard InChI is InChI=1S/C17H24N2O2/c1-11-5-6-13(9-14(11)19(20)21)18-15-16(2,3)12-7-8-17(15,4)10-12/h5-6,9,12,15,18H,7-8,10H2,1-4H3/t12-,15?,17+/m0/s1. The maximum atomic E-state index is 11.1. The summed E-state index contributed by atoms with van der Waals surface area (Å²) in [5, 5.41) is 14.7. The second-order valence-corrected chi connectivity index (χ2v) is 7.75. The average molecular weight is 288 g/mol. The fraction of sp³-hybridized carbons (Fsp3) is 0.647. The average Bonchev–Trinajstić information content (AvgIpc) is 2.87. The van der Waals surface area contributed by atoms with Gasteiger partial charge in [0.15, 0.2) is 0 Å². The van der Waals surface area contributed by atoms with Crippen molar-refractivity contribution < 1.29 is 4.92 Å². The molecule has 1 unspecified atom stereocenters. The molecule has 4 heteroatoms. The minimum atomic E-state index is -0.297. The fourth-order valence-electron chi connectivity index (χ4n) is 4.72. The van der Waals surface area contributed by atoms with Gasteiger partial charge in [-0.05, 0) is 49.0 Å². The highest BCUT2D eigenvalue weighted by molar-refractivity contribution is 5.56. The molecular formula is C17H24N2O2. The number of aryl methyl sites for hydroxylation is 1. The second kappa shape index (κ2) is 4.46. The van der Waals surface area contributed by atoms with Crippen molar-refractivity contribution in [2.45, 2.75) is 53.0 Å². The predicted molar refractivity (Wildman–Crippen MR) is 84.5 cm³/mol. The lowest BCUT2D eigenvalue weighted by Gasteiger charge is -2.43. The van der Waals surface area contributed by atoms with Gasteiger partial charge >= 0.3 is 0 Å². The minimum absolute atomic E-state index is 0.200. The zero-order valence-corrected chi connectivity index (χ0v) is 13.3. The molecule has 0 radical (unpaired) electrons. The largest absolute Gasteiger partial charge is 0.381 e. The van der Waals surface area contributed by atoms with Crippen LogP contribution in [0.3, 0.4) is 0 Å². The van der Waals surface area contributed by atoms with Gasteiger partial charge in [-0.3, -0.25) is 10.1 Å². The van der Waals surface area contributed by atoms with Crippen LogP contribution in [0.4, 0.5) is 11.4 Å². The quantitative estimate of drug-likeness (QED) is 0.656. The van der Waals surface area contributed by atoms with E-state index in [1.54, 1.807) is 13.0 Å². The number of nitrogens with zero attached hydrogens (tertiary/aromatic N) is 1. The van der Waals surface area contributed by atoms with Crippen LogP contribution in [-0.4, -0.2) is 11.0 Å². The first kappa shape index (κ1) is 14.4. The van der Waals surface area contributed by atoms with Gasteiger partial charge in [0.1, 0.15) is 0 Å². The molecule has 0 heterocycles. The number of nitrogens with one attached hydrogen (secondary N) is 1. The van der Waals surface area contributed by atoms with Crippen LogP contribution in [0.1, 0.15) is 45.6 Å². The van der Waals surface area contributed by atoms with E-state index in [0.29, 0.717) is 17.0 Å². The molecule has 2 aliphatic rings. The van der Waals surface area contributed by atoms with Crippen LogP contribution in [0.25, 0.3) is 0 Å². The molecule has 2 bridgehead atoms. The van der Waals surface area contributed by atoms with Gasteiger partial charge in [-0.25, -0.2) is 0 Å². The molecule has 0 amide bonds. The molecule has 114 valence electrons. The molecule has 4 nitrogen and oxygen atoms in total. The van der Waals surface area contributed by atoms with Crippen LogP contribution in [0, 0.1) is 33.8 Å². The van der Waals surface area contributed by atoms with Gasteiger partial charge in [-0.15, -0.1) is 0 Å². The Balaban J connectivity index is 1.90. The lowest BCUT2D eigenvalue weighted by molar-refractivity contribution is -0.385. The number of anilines is 1. The molecule has 0 spiro atoms. The first-order chi connectivity index (χ1) is 9.74. The van der Waals surface area contributed by atoms with Crippen molar-refractivity contribution in [2.24, 2.45) is 16.7 Å². The molecule has 1 aromatic carbocycles. The molecule has 1 N–H and O–H groups in total. The summed E-state index contributed by atoms with van der Waals surface area (Å²) in [5.74, 6) is 0.764. The van der Waals surface area contributed by atoms with Gasteiger partial charge in [-0.1, -0.05) is 26.8 Å². The molecule has 0 aromatic heterocycles. The Morgan fingerprint density at radius 1 is 1.33 bits per heavy atom. The van der Waals surface area contributed by atoms with Crippen molar-refractivity contribution >= 4 is 11.4 Å². The Labute approximate surface area is 126 Å². The summed E-state index contributed by atoms with van der Waals surface area (Å²) in [5.41, 5.74) is 2.34. The van der Waals surface area contributed by atoms with E-state index in [2.05, 4.69) is 26.1 Å². The molecule has 3 rings (SSSR count). The third-order valence-corrected chi connectivity index (χ3v) is 5.99. The summed E-state index contributed by atoms with van der Waals surface area (Å²) >= 11 is 0. The summed E-state index contributed by atoms with van der Waals surface area (Å²) in [6.45, 7) is 8.82. The number of nitro benzene ring substituents is 1. The van der Waals surface area contributed by atoms with Crippen LogP contribution in [0.15, 0.2) is 18.2 Å². The Kier molecular flexibility index (Phi) is 3.05. The topological polar surface area (TPSA) is 55.2 Å². The molecule has 0 aliphatic heterocycles. The number of rotatable bonds is 3. The van der Waals surface area contributed by atoms with Crippen molar-refractivity contribution in [3.8, 4) is 0 Å². The van der Waals surface area contributed by atoms with Crippen molar-refractivity contribution in [2.75, 3.05) is 5.32 Å². The van der Waals surface area contributed by atoms with Crippen molar-refractivity contribution in [1.82, 2.24) is 0 Å². The molecule has 1 aromatic rings. The third kappa shape index (κ3) is 2.12. The lowest BCUT2D eigenvalue weighted by Crippen LogP contribution is -2.45. The molecular weight excluding hydrogens is 264 g/mol. The Hall–Kier alpha value is -1.58. The normalized spacial score (nSPS) is 33.1. The van der Waals surface area contributed by atoms with E-state index in [1.807, 2.05) is 12.1 Å². The number of benzene rings is 1. The summed E-state index contributed by atoms with van der Waals surface area (Å²) in [7, 11) is 0. The Morgan fingerprint density at radius 2 is 2.05 bits per heavy atom. The van der Waals surface area contributed by atoms with E-state index in [9.17, 15) is 10.1 Å². The maximum Gasteiger partial charge on any atom is 0.274 e. The highest BCUT2D eigenvalue weighted by Gasteiger charge is 2.59. The second-order valence-electron chi connectivity index (χ2n) is 7.75. The molecule has 3 atom stereocenters. The van der Waals surface area contributed by atoms with Crippen LogP contribution in [0.5, 0.6) is 0 Å². The van der Waals surface area contributed by atoms with Gasteiger partial charge in [-0.2, -0.15) is 0 Å². The Morgan fingerprint density at radius 3 is 2.62 bits per heavy atom. The lowest BCUT2D eigenvalue weighted by atomic mass is 9.68. The van der Waals surface area contributed by atoms with Gasteiger partial charge in [0.25, 0.3) is 5.69 Å². The summed E-state index contributed by atoms with van der Waals surface area (Å²) in [6, 6.07) is 5.86. The molecule has 2 saturated carbocycles. The molecule has 21 heavy (non-hydrogen) atoms. The van der Waals surface area contributed by atoms with E-state index < -0.39 is 0 Å². The van der Waals surface area contributed by atoms with Crippen LogP contribution in [0.2, 0.25) is 0 Å². The van der Waals surface area contributed by atoms with Gasteiger partial charge in [0.05, 0.1) is 4.92 Å². The highest BCUT2D eigenvalue weighted by Crippen LogP contribution is 2.63. The van der Waals surface area contributed by atoms with E-state index >= 15 is 0 Å². The van der Waals surface area contributed by atoms with E-state index in [0.717, 1.165) is 11.6 Å². The van der Waals surface area contributed by atoms with E-state index in [1.165, 1.54) is 19.3 Å². The SMILES string of the molecule is Cc1ccc(NC2C(C)(C)[C@H]3CC[C@]2(C)C3)cc1[N+](=O)[O-]. The number of hydrogen-bond donors (Lipinski definition) is 1. The predicted octanol–water partition coefficient (Wildman–Crippen LogP) is 4.53. The van der Waals surface area contributed by atoms with Crippen molar-refractivity contribution in [3.05, 3.63) is 33.9 Å². The van der Waals surface area contributed by atoms with Crippen LogP contribution in [-0.2, 0) is 0 Å². The summed E-state index contributed by atoms with van der Waals surface area (Å²) in [6.07, 6.45) is 3.84. The smallest absolute Gasteiger partial charge is 0.274 e. The first-order valence-corrected chi connectivity index (χ1v) is 7.76. The van der Waals surface area contributed by atoms with Crippen LogP contribution >= 0.6 is 0 Å². The zero-order valence-electron chi connectivity index (χ0n) is 13.3. The zero-order chi connectivity index (χ0) is 15.4. The fourth-order valence-corrected chi connectivity index (χ4v) is 4.72. The Bertz CT molecular complexity index is 592. The minimum Gasteiger partial charge on any atom is -0.381 e. The maximum absolute atomic E-state index is 11.1. The molecule has 0 saturated heterocycles.